The molecule has 0 radical (unpaired) electrons. The van der Waals surface area contributed by atoms with Crippen LogP contribution in [0.15, 0.2) is 65.7 Å². The molecule has 3 aromatic rings. The van der Waals surface area contributed by atoms with Gasteiger partial charge in [-0.3, -0.25) is 9.56 Å². The summed E-state index contributed by atoms with van der Waals surface area (Å²) in [6.07, 6.45) is 1.68. The minimum atomic E-state index is -3.22. The standard InChI is InChI=1S/C20H19BrF2N2/c1-2-3-13-24-19(20(21,22)23)25-17-12-8-7-11-16(17)14-18(25)15-9-5-4-6-10-15/h4-12,14H,2-3,13H2,1H3. The van der Waals surface area contributed by atoms with E-state index >= 15 is 0 Å². The van der Waals surface area contributed by atoms with Crippen molar-refractivity contribution in [3.63, 3.8) is 0 Å². The zero-order valence-corrected chi connectivity index (χ0v) is 15.5. The lowest BCUT2D eigenvalue weighted by atomic mass is 10.1. The quantitative estimate of drug-likeness (QED) is 0.204. The molecule has 1 aromatic heterocycles. The number of fused-ring (bicyclic) bond motifs is 1. The third-order valence-corrected chi connectivity index (χ3v) is 4.37. The number of rotatable bonds is 5. The highest BCUT2D eigenvalue weighted by atomic mass is 79.9. The molecule has 0 saturated carbocycles. The van der Waals surface area contributed by atoms with E-state index in [0.717, 1.165) is 29.3 Å². The Balaban J connectivity index is 2.26. The fourth-order valence-corrected chi connectivity index (χ4v) is 3.14. The molecule has 1 heterocycles. The molecule has 0 amide bonds. The zero-order valence-electron chi connectivity index (χ0n) is 13.9. The van der Waals surface area contributed by atoms with Crippen molar-refractivity contribution in [1.82, 2.24) is 4.57 Å². The highest BCUT2D eigenvalue weighted by Crippen LogP contribution is 2.33. The molecule has 25 heavy (non-hydrogen) atoms. The Morgan fingerprint density at radius 1 is 1.08 bits per heavy atom. The fourth-order valence-electron chi connectivity index (χ4n) is 2.83. The van der Waals surface area contributed by atoms with Gasteiger partial charge in [0.2, 0.25) is 0 Å². The average molecular weight is 405 g/mol. The van der Waals surface area contributed by atoms with Crippen LogP contribution in [0.2, 0.25) is 0 Å². The number of benzene rings is 2. The van der Waals surface area contributed by atoms with Gasteiger partial charge in [-0.2, -0.15) is 8.78 Å². The molecule has 0 bridgehead atoms. The van der Waals surface area contributed by atoms with Gasteiger partial charge >= 0.3 is 4.83 Å². The Labute approximate surface area is 154 Å². The summed E-state index contributed by atoms with van der Waals surface area (Å²) in [4.78, 5) is 1.03. The number of nitrogens with zero attached hydrogens (tertiary/aromatic N) is 2. The van der Waals surface area contributed by atoms with Crippen molar-refractivity contribution in [2.24, 2.45) is 4.99 Å². The molecule has 5 heteroatoms. The summed E-state index contributed by atoms with van der Waals surface area (Å²) >= 11 is 2.53. The van der Waals surface area contributed by atoms with E-state index < -0.39 is 4.83 Å². The lowest BCUT2D eigenvalue weighted by Crippen LogP contribution is -2.29. The molecule has 0 aliphatic rings. The highest BCUT2D eigenvalue weighted by Gasteiger charge is 2.35. The van der Waals surface area contributed by atoms with Gasteiger partial charge in [0, 0.05) is 11.9 Å². The van der Waals surface area contributed by atoms with E-state index in [0.29, 0.717) is 12.2 Å². The van der Waals surface area contributed by atoms with Gasteiger partial charge in [-0.1, -0.05) is 61.9 Å². The third kappa shape index (κ3) is 3.82. The average Bonchev–Trinajstić information content (AvgIpc) is 2.98. The van der Waals surface area contributed by atoms with Crippen molar-refractivity contribution in [2.75, 3.05) is 6.54 Å². The SMILES string of the molecule is CCCCN=C(n1c(-c2ccccc2)cc2ccccc21)C(F)(F)Br. The molecule has 2 aromatic carbocycles. The van der Waals surface area contributed by atoms with Gasteiger partial charge in [-0.05, 0) is 40.0 Å². The lowest BCUT2D eigenvalue weighted by molar-refractivity contribution is 0.189. The first-order chi connectivity index (χ1) is 12.0. The minimum absolute atomic E-state index is 0.277. The van der Waals surface area contributed by atoms with Gasteiger partial charge < -0.3 is 0 Å². The summed E-state index contributed by atoms with van der Waals surface area (Å²) < 4.78 is 30.3. The van der Waals surface area contributed by atoms with Gasteiger partial charge in [0.15, 0.2) is 5.84 Å². The molecule has 0 atom stereocenters. The zero-order chi connectivity index (χ0) is 17.9. The number of alkyl halides is 3. The molecule has 0 N–H and O–H groups in total. The summed E-state index contributed by atoms with van der Waals surface area (Å²) in [6, 6.07) is 19.0. The van der Waals surface area contributed by atoms with Crippen LogP contribution in [-0.4, -0.2) is 21.8 Å². The predicted octanol–water partition coefficient (Wildman–Crippen LogP) is 6.34. The molecule has 3 rings (SSSR count). The van der Waals surface area contributed by atoms with Crippen molar-refractivity contribution in [3.8, 4) is 11.3 Å². The fraction of sp³-hybridized carbons (Fsp3) is 0.250. The Hall–Kier alpha value is -2.01. The van der Waals surface area contributed by atoms with Crippen LogP contribution < -0.4 is 0 Å². The van der Waals surface area contributed by atoms with Gasteiger partial charge in [0.25, 0.3) is 0 Å². The number of aliphatic imine (C=N–C) groups is 1. The molecule has 0 fully saturated rings. The summed E-state index contributed by atoms with van der Waals surface area (Å²) in [5, 5.41) is 0.904. The Morgan fingerprint density at radius 2 is 1.76 bits per heavy atom. The van der Waals surface area contributed by atoms with Crippen LogP contribution in [0.5, 0.6) is 0 Å². The van der Waals surface area contributed by atoms with E-state index in [2.05, 4.69) is 20.9 Å². The maximum absolute atomic E-state index is 14.4. The Morgan fingerprint density at radius 3 is 2.44 bits per heavy atom. The van der Waals surface area contributed by atoms with Crippen molar-refractivity contribution >= 4 is 32.7 Å². The molecule has 0 saturated heterocycles. The van der Waals surface area contributed by atoms with E-state index in [-0.39, 0.29) is 5.84 Å². The van der Waals surface area contributed by atoms with Crippen LogP contribution in [0.25, 0.3) is 22.2 Å². The van der Waals surface area contributed by atoms with Crippen molar-refractivity contribution in [3.05, 3.63) is 60.7 Å². The smallest absolute Gasteiger partial charge is 0.292 e. The monoisotopic (exact) mass is 404 g/mol. The number of aromatic nitrogens is 1. The Bertz CT molecular complexity index is 880. The predicted molar refractivity (Wildman–Crippen MR) is 104 cm³/mol. The molecule has 2 nitrogen and oxygen atoms in total. The maximum Gasteiger partial charge on any atom is 0.358 e. The topological polar surface area (TPSA) is 17.3 Å². The summed E-state index contributed by atoms with van der Waals surface area (Å²) in [6.45, 7) is 2.38. The number of unbranched alkanes of at least 4 members (excludes halogenated alkanes) is 1. The molecule has 0 spiro atoms. The van der Waals surface area contributed by atoms with Crippen LogP contribution in [0.4, 0.5) is 8.78 Å². The second-order valence-corrected chi connectivity index (χ2v) is 6.84. The molecule has 130 valence electrons. The van der Waals surface area contributed by atoms with Crippen LogP contribution in [0, 0.1) is 0 Å². The number of para-hydroxylation sites is 1. The third-order valence-electron chi connectivity index (χ3n) is 4.02. The summed E-state index contributed by atoms with van der Waals surface area (Å²) in [7, 11) is 0. The number of hydrogen-bond donors (Lipinski definition) is 0. The summed E-state index contributed by atoms with van der Waals surface area (Å²) in [5.41, 5.74) is 2.30. The lowest BCUT2D eigenvalue weighted by Gasteiger charge is -2.18. The second-order valence-electron chi connectivity index (χ2n) is 5.85. The van der Waals surface area contributed by atoms with Crippen molar-refractivity contribution in [1.29, 1.82) is 0 Å². The molecule has 0 aliphatic carbocycles. The van der Waals surface area contributed by atoms with Gasteiger partial charge in [0.1, 0.15) is 0 Å². The van der Waals surface area contributed by atoms with Crippen molar-refractivity contribution < 1.29 is 8.78 Å². The van der Waals surface area contributed by atoms with Gasteiger partial charge in [0.05, 0.1) is 11.2 Å². The van der Waals surface area contributed by atoms with Gasteiger partial charge in [-0.15, -0.1) is 0 Å². The van der Waals surface area contributed by atoms with Crippen LogP contribution >= 0.6 is 15.9 Å². The van der Waals surface area contributed by atoms with E-state index in [9.17, 15) is 8.78 Å². The molecular weight excluding hydrogens is 386 g/mol. The van der Waals surface area contributed by atoms with E-state index in [1.54, 1.807) is 4.57 Å². The minimum Gasteiger partial charge on any atom is -0.292 e. The van der Waals surface area contributed by atoms with E-state index in [1.165, 1.54) is 0 Å². The number of halogens is 3. The normalized spacial score (nSPS) is 12.7. The second kappa shape index (κ2) is 7.48. The van der Waals surface area contributed by atoms with Crippen molar-refractivity contribution in [2.45, 2.75) is 24.6 Å². The van der Waals surface area contributed by atoms with E-state index in [1.807, 2.05) is 67.6 Å². The van der Waals surface area contributed by atoms with Crippen LogP contribution in [0.3, 0.4) is 0 Å². The van der Waals surface area contributed by atoms with Crippen LogP contribution in [-0.2, 0) is 0 Å². The molecular formula is C20H19BrF2N2. The molecule has 0 aliphatic heterocycles. The van der Waals surface area contributed by atoms with Crippen LogP contribution in [0.1, 0.15) is 19.8 Å². The van der Waals surface area contributed by atoms with E-state index in [4.69, 9.17) is 0 Å². The largest absolute Gasteiger partial charge is 0.358 e. The van der Waals surface area contributed by atoms with Gasteiger partial charge in [-0.25, -0.2) is 0 Å². The maximum atomic E-state index is 14.4. The highest BCUT2D eigenvalue weighted by molar-refractivity contribution is 9.10. The molecule has 0 unspecified atom stereocenters. The first-order valence-electron chi connectivity index (χ1n) is 8.30. The first kappa shape index (κ1) is 17.8. The first-order valence-corrected chi connectivity index (χ1v) is 9.09. The number of hydrogen-bond acceptors (Lipinski definition) is 1. The summed E-state index contributed by atoms with van der Waals surface area (Å²) in [5.74, 6) is -0.277. The Kier molecular flexibility index (Phi) is 5.33.